The number of hydrogen-bond acceptors (Lipinski definition) is 5. The van der Waals surface area contributed by atoms with Crippen LogP contribution in [0.2, 0.25) is 5.02 Å². The lowest BCUT2D eigenvalue weighted by Crippen LogP contribution is -2.34. The quantitative estimate of drug-likeness (QED) is 0.603. The maximum atomic E-state index is 12.4. The van der Waals surface area contributed by atoms with Crippen LogP contribution in [0.15, 0.2) is 51.8 Å². The van der Waals surface area contributed by atoms with Crippen molar-refractivity contribution >= 4 is 55.1 Å². The summed E-state index contributed by atoms with van der Waals surface area (Å²) in [5.74, 6) is -1.38. The smallest absolute Gasteiger partial charge is 0.321 e. The second-order valence-corrected chi connectivity index (χ2v) is 9.22. The molecule has 0 unspecified atom stereocenters. The molecule has 150 valence electrons. The molecule has 2 aromatic rings. The number of esters is 1. The van der Waals surface area contributed by atoms with Gasteiger partial charge in [-0.2, -0.15) is 4.31 Å². The van der Waals surface area contributed by atoms with Gasteiger partial charge in [0.1, 0.15) is 6.54 Å². The minimum Gasteiger partial charge on any atom is -0.455 e. The van der Waals surface area contributed by atoms with Crippen molar-refractivity contribution in [3.8, 4) is 0 Å². The van der Waals surface area contributed by atoms with Crippen LogP contribution in [0, 0.1) is 6.92 Å². The van der Waals surface area contributed by atoms with Gasteiger partial charge < -0.3 is 10.1 Å². The number of ether oxygens (including phenoxy) is 1. The van der Waals surface area contributed by atoms with E-state index in [2.05, 4.69) is 21.2 Å². The standard InChI is InChI=1S/C18H18BrClN2O5S/c1-12-3-6-14(9-16(12)19)21-17(23)11-27-18(24)10-22(2)28(25,26)15-7-4-13(20)5-8-15/h3-9H,10-11H2,1-2H3,(H,21,23). The predicted molar refractivity (Wildman–Crippen MR) is 110 cm³/mol. The van der Waals surface area contributed by atoms with Gasteiger partial charge in [-0.3, -0.25) is 9.59 Å². The molecule has 28 heavy (non-hydrogen) atoms. The number of aryl methyl sites for hydroxylation is 1. The number of carbonyl (C=O) groups excluding carboxylic acids is 2. The Kier molecular flexibility index (Phi) is 7.59. The number of rotatable bonds is 7. The van der Waals surface area contributed by atoms with E-state index in [-0.39, 0.29) is 4.90 Å². The number of amides is 1. The van der Waals surface area contributed by atoms with Gasteiger partial charge in [0.15, 0.2) is 6.61 Å². The van der Waals surface area contributed by atoms with E-state index in [4.69, 9.17) is 16.3 Å². The van der Waals surface area contributed by atoms with Gasteiger partial charge in [-0.25, -0.2) is 8.42 Å². The molecule has 0 aromatic heterocycles. The molecular formula is C18H18BrClN2O5S. The molecule has 0 atom stereocenters. The number of sulfonamides is 1. The maximum Gasteiger partial charge on any atom is 0.321 e. The highest BCUT2D eigenvalue weighted by Crippen LogP contribution is 2.20. The number of nitrogens with one attached hydrogen (secondary N) is 1. The van der Waals surface area contributed by atoms with Crippen LogP contribution in [0.25, 0.3) is 0 Å². The fourth-order valence-corrected chi connectivity index (χ4v) is 3.73. The third-order valence-corrected chi connectivity index (χ3v) is 6.62. The lowest BCUT2D eigenvalue weighted by Gasteiger charge is -2.16. The Morgan fingerprint density at radius 3 is 2.43 bits per heavy atom. The summed E-state index contributed by atoms with van der Waals surface area (Å²) >= 11 is 9.11. The summed E-state index contributed by atoms with van der Waals surface area (Å²) in [7, 11) is -2.63. The van der Waals surface area contributed by atoms with Crippen molar-refractivity contribution in [2.24, 2.45) is 0 Å². The van der Waals surface area contributed by atoms with E-state index in [0.29, 0.717) is 10.7 Å². The third-order valence-electron chi connectivity index (χ3n) is 3.69. The zero-order valence-corrected chi connectivity index (χ0v) is 18.3. The summed E-state index contributed by atoms with van der Waals surface area (Å²) in [5.41, 5.74) is 1.55. The highest BCUT2D eigenvalue weighted by Gasteiger charge is 2.23. The molecule has 10 heteroatoms. The van der Waals surface area contributed by atoms with Gasteiger partial charge in [-0.1, -0.05) is 33.6 Å². The van der Waals surface area contributed by atoms with Crippen LogP contribution in [0.3, 0.4) is 0 Å². The number of anilines is 1. The Bertz CT molecular complexity index is 980. The monoisotopic (exact) mass is 488 g/mol. The normalized spacial score (nSPS) is 11.3. The lowest BCUT2D eigenvalue weighted by atomic mass is 10.2. The largest absolute Gasteiger partial charge is 0.455 e. The van der Waals surface area contributed by atoms with Gasteiger partial charge in [0.2, 0.25) is 10.0 Å². The second kappa shape index (κ2) is 9.51. The SMILES string of the molecule is Cc1ccc(NC(=O)COC(=O)CN(C)S(=O)(=O)c2ccc(Cl)cc2)cc1Br. The fourth-order valence-electron chi connectivity index (χ4n) is 2.11. The molecule has 1 N–H and O–H groups in total. The summed E-state index contributed by atoms with van der Waals surface area (Å²) in [6.45, 7) is 0.847. The third kappa shape index (κ3) is 6.03. The van der Waals surface area contributed by atoms with Gasteiger partial charge in [-0.05, 0) is 48.9 Å². The van der Waals surface area contributed by atoms with Gasteiger partial charge in [0.25, 0.3) is 5.91 Å². The van der Waals surface area contributed by atoms with Crippen LogP contribution < -0.4 is 5.32 Å². The van der Waals surface area contributed by atoms with Crippen LogP contribution in [0.5, 0.6) is 0 Å². The van der Waals surface area contributed by atoms with E-state index in [0.717, 1.165) is 14.3 Å². The summed E-state index contributed by atoms with van der Waals surface area (Å²) in [4.78, 5) is 23.8. The van der Waals surface area contributed by atoms with Crippen LogP contribution in [-0.2, 0) is 24.3 Å². The molecule has 0 bridgehead atoms. The molecule has 7 nitrogen and oxygen atoms in total. The van der Waals surface area contributed by atoms with Crippen molar-refractivity contribution in [1.29, 1.82) is 0 Å². The van der Waals surface area contributed by atoms with E-state index in [1.54, 1.807) is 12.1 Å². The molecule has 0 spiro atoms. The molecule has 0 radical (unpaired) electrons. The van der Waals surface area contributed by atoms with Crippen LogP contribution in [-0.4, -0.2) is 44.8 Å². The minimum atomic E-state index is -3.88. The summed E-state index contributed by atoms with van der Waals surface area (Å²) in [6, 6.07) is 10.8. The average Bonchev–Trinajstić information content (AvgIpc) is 2.63. The molecule has 0 saturated carbocycles. The molecule has 0 fully saturated rings. The maximum absolute atomic E-state index is 12.4. The first kappa shape index (κ1) is 22.4. The number of nitrogens with zero attached hydrogens (tertiary/aromatic N) is 1. The molecule has 2 aromatic carbocycles. The fraction of sp³-hybridized carbons (Fsp3) is 0.222. The molecule has 0 aliphatic carbocycles. The first-order valence-electron chi connectivity index (χ1n) is 8.03. The van der Waals surface area contributed by atoms with Crippen LogP contribution >= 0.6 is 27.5 Å². The van der Waals surface area contributed by atoms with Crippen molar-refractivity contribution in [2.75, 3.05) is 25.5 Å². The molecular weight excluding hydrogens is 472 g/mol. The minimum absolute atomic E-state index is 0.00473. The predicted octanol–water partition coefficient (Wildman–Crippen LogP) is 3.21. The van der Waals surface area contributed by atoms with Gasteiger partial charge in [-0.15, -0.1) is 0 Å². The van der Waals surface area contributed by atoms with Crippen molar-refractivity contribution in [3.63, 3.8) is 0 Å². The van der Waals surface area contributed by atoms with E-state index in [1.165, 1.54) is 31.3 Å². The van der Waals surface area contributed by atoms with E-state index in [9.17, 15) is 18.0 Å². The van der Waals surface area contributed by atoms with Crippen LogP contribution in [0.4, 0.5) is 5.69 Å². The molecule has 0 aliphatic rings. The van der Waals surface area contributed by atoms with Crippen molar-refractivity contribution in [2.45, 2.75) is 11.8 Å². The molecule has 0 saturated heterocycles. The summed E-state index contributed by atoms with van der Waals surface area (Å²) < 4.78 is 31.3. The zero-order valence-electron chi connectivity index (χ0n) is 15.1. The number of likely N-dealkylation sites (N-methyl/N-ethyl adjacent to an activating group) is 1. The molecule has 0 heterocycles. The van der Waals surface area contributed by atoms with Crippen LogP contribution in [0.1, 0.15) is 5.56 Å². The summed E-state index contributed by atoms with van der Waals surface area (Å²) in [6.07, 6.45) is 0. The van der Waals surface area contributed by atoms with Gasteiger partial charge in [0.05, 0.1) is 4.90 Å². The van der Waals surface area contributed by atoms with Gasteiger partial charge >= 0.3 is 5.97 Å². The van der Waals surface area contributed by atoms with E-state index >= 15 is 0 Å². The second-order valence-electron chi connectivity index (χ2n) is 5.89. The van der Waals surface area contributed by atoms with Gasteiger partial charge in [0, 0.05) is 22.2 Å². The zero-order chi connectivity index (χ0) is 20.9. The Balaban J connectivity index is 1.88. The van der Waals surface area contributed by atoms with E-state index < -0.39 is 35.1 Å². The average molecular weight is 490 g/mol. The first-order chi connectivity index (χ1) is 13.1. The molecule has 0 aliphatic heterocycles. The first-order valence-corrected chi connectivity index (χ1v) is 10.6. The Labute approximate surface area is 176 Å². The summed E-state index contributed by atoms with van der Waals surface area (Å²) in [5, 5.41) is 2.99. The topological polar surface area (TPSA) is 92.8 Å². The number of halogens is 2. The van der Waals surface area contributed by atoms with E-state index in [1.807, 2.05) is 13.0 Å². The lowest BCUT2D eigenvalue weighted by molar-refractivity contribution is -0.147. The number of carbonyl (C=O) groups is 2. The van der Waals surface area contributed by atoms with Crippen molar-refractivity contribution in [1.82, 2.24) is 4.31 Å². The van der Waals surface area contributed by atoms with Crippen molar-refractivity contribution < 1.29 is 22.7 Å². The molecule has 1 amide bonds. The Hall–Kier alpha value is -1.94. The highest BCUT2D eigenvalue weighted by molar-refractivity contribution is 9.10. The molecule has 2 rings (SSSR count). The van der Waals surface area contributed by atoms with Crippen molar-refractivity contribution in [3.05, 3.63) is 57.5 Å². The highest BCUT2D eigenvalue weighted by atomic mass is 79.9. The Morgan fingerprint density at radius 2 is 1.82 bits per heavy atom. The number of benzene rings is 2. The number of hydrogen-bond donors (Lipinski definition) is 1. The Morgan fingerprint density at radius 1 is 1.18 bits per heavy atom.